The van der Waals surface area contributed by atoms with Gasteiger partial charge in [0.2, 0.25) is 5.91 Å². The van der Waals surface area contributed by atoms with Gasteiger partial charge in [-0.3, -0.25) is 20.0 Å². The molecule has 1 heterocycles. The minimum atomic E-state index is -4.11. The van der Waals surface area contributed by atoms with E-state index in [1.165, 1.54) is 5.01 Å². The number of hydrogen-bond acceptors (Lipinski definition) is 12. The Morgan fingerprint density at radius 2 is 1.38 bits per heavy atom. The third-order valence-electron chi connectivity index (χ3n) is 8.76. The second-order valence-electron chi connectivity index (χ2n) is 14.7. The van der Waals surface area contributed by atoms with Crippen LogP contribution in [0.3, 0.4) is 0 Å². The number of hydrogen-bond donors (Lipinski definition) is 5. The molecular formula is C44H64N6O10. The zero-order valence-corrected chi connectivity index (χ0v) is 34.2. The summed E-state index contributed by atoms with van der Waals surface area (Å²) in [6.07, 6.45) is -3.53. The highest BCUT2D eigenvalue weighted by atomic mass is 16.6. The molecule has 0 fully saturated rings. The third kappa shape index (κ3) is 17.6. The van der Waals surface area contributed by atoms with Crippen LogP contribution in [0.25, 0.3) is 11.3 Å². The summed E-state index contributed by atoms with van der Waals surface area (Å²) in [5.74, 6) is -2.56. The van der Waals surface area contributed by atoms with Gasteiger partial charge in [0.25, 0.3) is 5.91 Å². The monoisotopic (exact) mass is 849 g/mol. The molecule has 4 amide bonds. The number of benzene rings is 2. The third-order valence-corrected chi connectivity index (χ3v) is 8.76. The molecule has 3 aromatic rings. The van der Waals surface area contributed by atoms with E-state index in [1.807, 2.05) is 6.07 Å². The van der Waals surface area contributed by atoms with E-state index >= 15 is 0 Å². The normalized spacial score (nSPS) is 17.5. The Balaban J connectivity index is 2.07. The van der Waals surface area contributed by atoms with Crippen LogP contribution in [0.5, 0.6) is 0 Å². The SMILES string of the molecule is [2H]C([2H])([2H])OC(=O)N[C@H](C(=O)N[C@@H](Cc1ccccc1)[C@@H](O)CN(Cc1ccc(-c2ccccn2)cc1)NC(=O)[C@@H](NC(=O)OCCOCCOCCOC)C(C)(C)C)C(C([2H])([2H])[2H])(C([2H])([2H])[2H])C([2H])([2H])[2H]. The van der Waals surface area contributed by atoms with Crippen LogP contribution in [0, 0.1) is 10.8 Å². The van der Waals surface area contributed by atoms with Gasteiger partial charge in [-0.15, -0.1) is 0 Å². The van der Waals surface area contributed by atoms with Gasteiger partial charge in [-0.1, -0.05) is 102 Å². The molecule has 16 heteroatoms. The van der Waals surface area contributed by atoms with E-state index in [9.17, 15) is 24.3 Å². The predicted molar refractivity (Wildman–Crippen MR) is 226 cm³/mol. The highest BCUT2D eigenvalue weighted by molar-refractivity contribution is 5.87. The van der Waals surface area contributed by atoms with E-state index in [2.05, 4.69) is 25.8 Å². The first kappa shape index (κ1) is 33.6. The maximum Gasteiger partial charge on any atom is 0.407 e. The molecule has 0 aliphatic carbocycles. The molecule has 60 heavy (non-hydrogen) atoms. The van der Waals surface area contributed by atoms with E-state index < -0.39 is 93.2 Å². The van der Waals surface area contributed by atoms with Crippen molar-refractivity contribution in [2.24, 2.45) is 10.8 Å². The van der Waals surface area contributed by atoms with Crippen LogP contribution in [0.2, 0.25) is 0 Å². The average molecular weight is 849 g/mol. The summed E-state index contributed by atoms with van der Waals surface area (Å²) in [7, 11) is -1.98. The number of alkyl carbamates (subject to hydrolysis) is 2. The van der Waals surface area contributed by atoms with Crippen molar-refractivity contribution in [3.8, 4) is 11.3 Å². The van der Waals surface area contributed by atoms with Crippen molar-refractivity contribution in [3.05, 3.63) is 90.1 Å². The van der Waals surface area contributed by atoms with Gasteiger partial charge < -0.3 is 44.7 Å². The fraction of sp³-hybridized carbons (Fsp3) is 0.523. The Labute approximate surface area is 370 Å². The molecule has 0 saturated heterocycles. The summed E-state index contributed by atoms with van der Waals surface area (Å²) >= 11 is 0. The first-order valence-corrected chi connectivity index (χ1v) is 19.1. The molecule has 5 N–H and O–H groups in total. The van der Waals surface area contributed by atoms with Gasteiger partial charge in [0, 0.05) is 44.3 Å². The van der Waals surface area contributed by atoms with E-state index in [-0.39, 0.29) is 39.4 Å². The lowest BCUT2D eigenvalue weighted by Gasteiger charge is -2.35. The number of nitrogens with zero attached hydrogens (tertiary/aromatic N) is 2. The summed E-state index contributed by atoms with van der Waals surface area (Å²) in [5, 5.41) is 19.9. The molecule has 0 aliphatic rings. The molecule has 4 atom stereocenters. The number of hydrazine groups is 1. The molecule has 1 aromatic heterocycles. The molecule has 0 saturated carbocycles. The molecule has 0 spiro atoms. The van der Waals surface area contributed by atoms with Gasteiger partial charge in [-0.05, 0) is 40.5 Å². The van der Waals surface area contributed by atoms with Gasteiger partial charge in [-0.25, -0.2) is 14.6 Å². The van der Waals surface area contributed by atoms with Gasteiger partial charge in [0.1, 0.15) is 18.7 Å². The Bertz CT molecular complexity index is 2130. The standard InChI is InChI=1S/C44H64N6O10/c1-43(2,3)37(47-41(54)57-8)39(52)46-35(28-31-14-10-9-11-15-31)36(51)30-50(29-32-17-19-33(20-18-32)34-16-12-13-21-45-34)49-40(53)38(44(4,5)6)48-42(55)60-27-26-59-25-24-58-23-22-56-7/h9-21,35-38,51H,22-30H2,1-8H3,(H,46,52)(H,47,54)(H,48,55)(H,49,53)/t35-,36-,37+,38+/m0/s1/i1D3,2D3,3D3,8D3. The highest BCUT2D eigenvalue weighted by Gasteiger charge is 2.37. The largest absolute Gasteiger partial charge is 0.453 e. The lowest BCUT2D eigenvalue weighted by Crippen LogP contribution is -2.61. The molecule has 0 aliphatic heterocycles. The van der Waals surface area contributed by atoms with Gasteiger partial charge in [-0.2, -0.15) is 0 Å². The number of ether oxygens (including phenoxy) is 5. The van der Waals surface area contributed by atoms with E-state index in [0.717, 1.165) is 5.56 Å². The van der Waals surface area contributed by atoms with Crippen molar-refractivity contribution in [2.45, 2.75) is 78.5 Å². The number of carbonyl (C=O) groups is 4. The first-order chi connectivity index (χ1) is 33.4. The van der Waals surface area contributed by atoms with Crippen LogP contribution in [-0.4, -0.2) is 124 Å². The first-order valence-electron chi connectivity index (χ1n) is 25.1. The number of nitrogens with one attached hydrogen (secondary N) is 4. The number of carbonyl (C=O) groups excluding carboxylic acids is 4. The number of methoxy groups -OCH3 is 2. The molecule has 2 aromatic carbocycles. The van der Waals surface area contributed by atoms with Crippen LogP contribution < -0.4 is 21.4 Å². The Morgan fingerprint density at radius 1 is 0.750 bits per heavy atom. The van der Waals surface area contributed by atoms with Crippen molar-refractivity contribution in [3.63, 3.8) is 0 Å². The highest BCUT2D eigenvalue weighted by Crippen LogP contribution is 2.23. The average Bonchev–Trinajstić information content (AvgIpc) is 3.25. The quantitative estimate of drug-likeness (QED) is 0.0673. The number of aliphatic hydroxyl groups excluding tert-OH is 1. The summed E-state index contributed by atoms with van der Waals surface area (Å²) < 4.78 is 122. The van der Waals surface area contributed by atoms with Crippen LogP contribution >= 0.6 is 0 Å². The zero-order chi connectivity index (χ0) is 54.1. The zero-order valence-electron chi connectivity index (χ0n) is 46.2. The topological polar surface area (TPSA) is 199 Å². The van der Waals surface area contributed by atoms with Gasteiger partial charge >= 0.3 is 12.2 Å². The molecule has 0 bridgehead atoms. The Morgan fingerprint density at radius 3 is 2.00 bits per heavy atom. The van der Waals surface area contributed by atoms with Crippen LogP contribution in [0.4, 0.5) is 9.59 Å². The number of amides is 4. The molecule has 16 nitrogen and oxygen atoms in total. The molecule has 3 rings (SSSR count). The maximum atomic E-state index is 14.6. The second kappa shape index (κ2) is 24.8. The van der Waals surface area contributed by atoms with E-state index in [4.69, 9.17) is 35.4 Å². The maximum absolute atomic E-state index is 14.6. The number of aliphatic hydroxyl groups is 1. The van der Waals surface area contributed by atoms with Crippen molar-refractivity contribution in [1.29, 1.82) is 0 Å². The molecule has 0 radical (unpaired) electrons. The Hall–Kier alpha value is -5.13. The van der Waals surface area contributed by atoms with Crippen molar-refractivity contribution < 1.29 is 64.4 Å². The van der Waals surface area contributed by atoms with Gasteiger partial charge in [0.15, 0.2) is 0 Å². The molecule has 330 valence electrons. The van der Waals surface area contributed by atoms with Crippen LogP contribution in [0.15, 0.2) is 79.0 Å². The van der Waals surface area contributed by atoms with Gasteiger partial charge in [0.05, 0.1) is 62.0 Å². The van der Waals surface area contributed by atoms with E-state index in [1.54, 1.807) is 106 Å². The lowest BCUT2D eigenvalue weighted by atomic mass is 9.85. The summed E-state index contributed by atoms with van der Waals surface area (Å²) in [6, 6.07) is 14.4. The minimum absolute atomic E-state index is 0.0195. The van der Waals surface area contributed by atoms with Crippen LogP contribution in [-0.2, 0) is 46.2 Å². The summed E-state index contributed by atoms with van der Waals surface area (Å²) in [6.45, 7) is -6.90. The Kier molecular flexibility index (Phi) is 13.9. The summed E-state index contributed by atoms with van der Waals surface area (Å²) in [5.41, 5.74) is 0.0322. The van der Waals surface area contributed by atoms with Crippen LogP contribution in [0.1, 0.15) is 68.9 Å². The number of pyridine rings is 1. The number of rotatable bonds is 23. The predicted octanol–water partition coefficient (Wildman–Crippen LogP) is 4.26. The van der Waals surface area contributed by atoms with E-state index in [0.29, 0.717) is 30.0 Å². The lowest BCUT2D eigenvalue weighted by molar-refractivity contribution is -0.132. The fourth-order valence-electron chi connectivity index (χ4n) is 5.69. The smallest absolute Gasteiger partial charge is 0.407 e. The second-order valence-corrected chi connectivity index (χ2v) is 14.7. The molecule has 0 unspecified atom stereocenters. The van der Waals surface area contributed by atoms with Crippen molar-refractivity contribution >= 4 is 24.0 Å². The minimum Gasteiger partial charge on any atom is -0.453 e. The number of aromatic nitrogens is 1. The van der Waals surface area contributed by atoms with Crippen molar-refractivity contribution in [1.82, 2.24) is 31.4 Å². The summed E-state index contributed by atoms with van der Waals surface area (Å²) in [4.78, 5) is 59.3. The fourth-order valence-corrected chi connectivity index (χ4v) is 5.69. The molecular weight excluding hydrogens is 773 g/mol. The van der Waals surface area contributed by atoms with Crippen molar-refractivity contribution in [2.75, 3.05) is 60.3 Å².